The minimum atomic E-state index is 0.138. The zero-order chi connectivity index (χ0) is 12.3. The molecule has 2 unspecified atom stereocenters. The van der Waals surface area contributed by atoms with Gasteiger partial charge >= 0.3 is 0 Å². The topological polar surface area (TPSA) is 50.4 Å². The second-order valence-corrected chi connectivity index (χ2v) is 5.45. The van der Waals surface area contributed by atoms with Gasteiger partial charge in [-0.25, -0.2) is 0 Å². The Morgan fingerprint density at radius 1 is 1.24 bits per heavy atom. The molecule has 0 radical (unpaired) electrons. The summed E-state index contributed by atoms with van der Waals surface area (Å²) in [5, 5.41) is 6.39. The van der Waals surface area contributed by atoms with Crippen LogP contribution in [0.25, 0.3) is 0 Å². The number of carbonyl (C=O) groups is 1. The van der Waals surface area contributed by atoms with Crippen LogP contribution in [-0.2, 0) is 9.53 Å². The van der Waals surface area contributed by atoms with Crippen molar-refractivity contribution >= 4 is 5.91 Å². The first-order valence-corrected chi connectivity index (χ1v) is 6.77. The van der Waals surface area contributed by atoms with Crippen molar-refractivity contribution in [1.82, 2.24) is 10.6 Å². The van der Waals surface area contributed by atoms with Gasteiger partial charge in [-0.2, -0.15) is 0 Å². The smallest absolute Gasteiger partial charge is 0.223 e. The van der Waals surface area contributed by atoms with Gasteiger partial charge in [0.2, 0.25) is 5.91 Å². The molecule has 2 atom stereocenters. The lowest BCUT2D eigenvalue weighted by atomic mass is 9.87. The zero-order valence-corrected chi connectivity index (χ0v) is 10.9. The van der Waals surface area contributed by atoms with Crippen molar-refractivity contribution in [3.8, 4) is 0 Å². The van der Waals surface area contributed by atoms with Crippen LogP contribution in [0.3, 0.4) is 0 Å². The Hall–Kier alpha value is -0.610. The Labute approximate surface area is 103 Å². The van der Waals surface area contributed by atoms with Gasteiger partial charge in [-0.1, -0.05) is 6.92 Å². The molecule has 0 aromatic rings. The summed E-state index contributed by atoms with van der Waals surface area (Å²) < 4.78 is 5.35. The van der Waals surface area contributed by atoms with E-state index in [1.165, 1.54) is 0 Å². The minimum absolute atomic E-state index is 0.138. The first kappa shape index (κ1) is 12.8. The third kappa shape index (κ3) is 3.19. The molecule has 17 heavy (non-hydrogen) atoms. The summed E-state index contributed by atoms with van der Waals surface area (Å²) in [6, 6.07) is 0.280. The average Bonchev–Trinajstić information content (AvgIpc) is 2.27. The van der Waals surface area contributed by atoms with Gasteiger partial charge in [0.15, 0.2) is 0 Å². The van der Waals surface area contributed by atoms with Gasteiger partial charge in [-0.3, -0.25) is 4.79 Å². The van der Waals surface area contributed by atoms with E-state index in [-0.39, 0.29) is 17.9 Å². The molecule has 0 aromatic carbocycles. The van der Waals surface area contributed by atoms with E-state index in [9.17, 15) is 4.79 Å². The van der Waals surface area contributed by atoms with Crippen LogP contribution in [0.15, 0.2) is 0 Å². The second kappa shape index (κ2) is 5.83. The van der Waals surface area contributed by atoms with Crippen molar-refractivity contribution in [2.45, 2.75) is 32.7 Å². The summed E-state index contributed by atoms with van der Waals surface area (Å²) in [7, 11) is 0. The van der Waals surface area contributed by atoms with Gasteiger partial charge in [0, 0.05) is 25.2 Å². The van der Waals surface area contributed by atoms with Crippen molar-refractivity contribution in [3.05, 3.63) is 0 Å². The van der Waals surface area contributed by atoms with E-state index in [1.807, 2.05) is 6.92 Å². The van der Waals surface area contributed by atoms with E-state index in [2.05, 4.69) is 17.6 Å². The molecule has 2 aliphatic rings. The van der Waals surface area contributed by atoms with Crippen LogP contribution in [-0.4, -0.2) is 38.3 Å². The minimum Gasteiger partial charge on any atom is -0.381 e. The third-order valence-corrected chi connectivity index (χ3v) is 4.28. The summed E-state index contributed by atoms with van der Waals surface area (Å²) >= 11 is 0. The average molecular weight is 240 g/mol. The highest BCUT2D eigenvalue weighted by molar-refractivity contribution is 5.79. The number of nitrogens with one attached hydrogen (secondary N) is 2. The SMILES string of the molecule is CC(NC(=O)C(C)C1CNC1)C1CCOCC1. The van der Waals surface area contributed by atoms with Crippen LogP contribution in [0.5, 0.6) is 0 Å². The fourth-order valence-electron chi connectivity index (χ4n) is 2.57. The molecule has 2 N–H and O–H groups in total. The van der Waals surface area contributed by atoms with Gasteiger partial charge in [0.05, 0.1) is 0 Å². The van der Waals surface area contributed by atoms with Crippen LogP contribution in [0.1, 0.15) is 26.7 Å². The lowest BCUT2D eigenvalue weighted by Gasteiger charge is -2.34. The number of hydrogen-bond acceptors (Lipinski definition) is 3. The van der Waals surface area contributed by atoms with E-state index in [1.54, 1.807) is 0 Å². The highest BCUT2D eigenvalue weighted by atomic mass is 16.5. The van der Waals surface area contributed by atoms with Crippen LogP contribution in [0.2, 0.25) is 0 Å². The van der Waals surface area contributed by atoms with E-state index in [4.69, 9.17) is 4.74 Å². The molecule has 98 valence electrons. The molecular formula is C13H24N2O2. The van der Waals surface area contributed by atoms with Crippen molar-refractivity contribution in [2.75, 3.05) is 26.3 Å². The third-order valence-electron chi connectivity index (χ3n) is 4.28. The standard InChI is InChI=1S/C13H24N2O2/c1-9(12-7-14-8-12)13(16)15-10(2)11-3-5-17-6-4-11/h9-12,14H,3-8H2,1-2H3,(H,15,16). The monoisotopic (exact) mass is 240 g/mol. The van der Waals surface area contributed by atoms with Crippen molar-refractivity contribution in [2.24, 2.45) is 17.8 Å². The molecule has 0 saturated carbocycles. The number of carbonyl (C=O) groups excluding carboxylic acids is 1. The Bertz CT molecular complexity index is 260. The molecule has 2 fully saturated rings. The van der Waals surface area contributed by atoms with Crippen molar-refractivity contribution in [1.29, 1.82) is 0 Å². The number of rotatable bonds is 4. The summed E-state index contributed by atoms with van der Waals surface area (Å²) in [6.45, 7) is 7.82. The molecule has 0 aromatic heterocycles. The molecule has 4 nitrogen and oxygen atoms in total. The predicted molar refractivity (Wildman–Crippen MR) is 66.7 cm³/mol. The van der Waals surface area contributed by atoms with Gasteiger partial charge in [0.25, 0.3) is 0 Å². The molecule has 1 amide bonds. The Kier molecular flexibility index (Phi) is 4.40. The summed E-state index contributed by atoms with van der Waals surface area (Å²) in [6.07, 6.45) is 2.14. The maximum atomic E-state index is 12.1. The van der Waals surface area contributed by atoms with Gasteiger partial charge in [-0.15, -0.1) is 0 Å². The van der Waals surface area contributed by atoms with Crippen LogP contribution < -0.4 is 10.6 Å². The van der Waals surface area contributed by atoms with Gasteiger partial charge in [0.1, 0.15) is 0 Å². The molecule has 2 saturated heterocycles. The summed E-state index contributed by atoms with van der Waals surface area (Å²) in [5.74, 6) is 1.46. The lowest BCUT2D eigenvalue weighted by Crippen LogP contribution is -2.51. The van der Waals surface area contributed by atoms with Crippen LogP contribution >= 0.6 is 0 Å². The summed E-state index contributed by atoms with van der Waals surface area (Å²) in [4.78, 5) is 12.1. The van der Waals surface area contributed by atoms with E-state index in [0.717, 1.165) is 39.1 Å². The van der Waals surface area contributed by atoms with E-state index >= 15 is 0 Å². The van der Waals surface area contributed by atoms with E-state index < -0.39 is 0 Å². The largest absolute Gasteiger partial charge is 0.381 e. The normalized spacial score (nSPS) is 26.0. The molecule has 2 rings (SSSR count). The number of ether oxygens (including phenoxy) is 1. The predicted octanol–water partition coefficient (Wildman–Crippen LogP) is 0.773. The van der Waals surface area contributed by atoms with Gasteiger partial charge in [-0.05, 0) is 44.7 Å². The molecular weight excluding hydrogens is 216 g/mol. The molecule has 0 aliphatic carbocycles. The molecule has 4 heteroatoms. The number of amides is 1. The molecule has 2 heterocycles. The first-order chi connectivity index (χ1) is 8.18. The maximum absolute atomic E-state index is 12.1. The highest BCUT2D eigenvalue weighted by Gasteiger charge is 2.30. The second-order valence-electron chi connectivity index (χ2n) is 5.45. The Morgan fingerprint density at radius 3 is 2.41 bits per heavy atom. The molecule has 0 bridgehead atoms. The fraction of sp³-hybridized carbons (Fsp3) is 0.923. The lowest BCUT2D eigenvalue weighted by molar-refractivity contribution is -0.128. The van der Waals surface area contributed by atoms with Crippen molar-refractivity contribution in [3.63, 3.8) is 0 Å². The highest BCUT2D eigenvalue weighted by Crippen LogP contribution is 2.20. The first-order valence-electron chi connectivity index (χ1n) is 6.77. The number of hydrogen-bond donors (Lipinski definition) is 2. The van der Waals surface area contributed by atoms with E-state index in [0.29, 0.717) is 11.8 Å². The van der Waals surface area contributed by atoms with Crippen LogP contribution in [0, 0.1) is 17.8 Å². The summed E-state index contributed by atoms with van der Waals surface area (Å²) in [5.41, 5.74) is 0. The quantitative estimate of drug-likeness (QED) is 0.763. The van der Waals surface area contributed by atoms with Crippen molar-refractivity contribution < 1.29 is 9.53 Å². The fourth-order valence-corrected chi connectivity index (χ4v) is 2.57. The van der Waals surface area contributed by atoms with Gasteiger partial charge < -0.3 is 15.4 Å². The maximum Gasteiger partial charge on any atom is 0.223 e. The molecule has 2 aliphatic heterocycles. The Balaban J connectivity index is 1.76. The zero-order valence-electron chi connectivity index (χ0n) is 10.9. The molecule has 0 spiro atoms. The van der Waals surface area contributed by atoms with Crippen LogP contribution in [0.4, 0.5) is 0 Å². The Morgan fingerprint density at radius 2 is 1.88 bits per heavy atom.